The zero-order chi connectivity index (χ0) is 13.1. The van der Waals surface area contributed by atoms with Crippen LogP contribution in [0.15, 0.2) is 18.2 Å². The molecule has 1 aliphatic carbocycles. The van der Waals surface area contributed by atoms with Gasteiger partial charge >= 0.3 is 0 Å². The molecule has 0 aromatic heterocycles. The molecule has 1 saturated carbocycles. The standard InChI is InChI=1S/C17H26N2/c1-13-4-2-5-14(10-13)11-18-12-16-7-3-6-15-8-9-19-17(15)16/h3,6-7,13-14,18-19H,2,4-5,8-12H2,1H3. The van der Waals surface area contributed by atoms with Crippen LogP contribution in [-0.4, -0.2) is 13.1 Å². The second-order valence-corrected chi connectivity index (χ2v) is 6.40. The molecule has 2 unspecified atom stereocenters. The number of hydrogen-bond acceptors (Lipinski definition) is 2. The summed E-state index contributed by atoms with van der Waals surface area (Å²) in [6.45, 7) is 5.71. The van der Waals surface area contributed by atoms with Crippen LogP contribution >= 0.6 is 0 Å². The molecule has 2 N–H and O–H groups in total. The average molecular weight is 258 g/mol. The van der Waals surface area contributed by atoms with Gasteiger partial charge in [-0.05, 0) is 48.8 Å². The molecule has 1 fully saturated rings. The molecule has 1 heterocycles. The van der Waals surface area contributed by atoms with Crippen molar-refractivity contribution in [3.05, 3.63) is 29.3 Å². The van der Waals surface area contributed by atoms with E-state index in [2.05, 4.69) is 35.8 Å². The van der Waals surface area contributed by atoms with E-state index in [0.29, 0.717) is 0 Å². The largest absolute Gasteiger partial charge is 0.384 e. The average Bonchev–Trinajstić information content (AvgIpc) is 2.88. The molecule has 2 nitrogen and oxygen atoms in total. The number of hydrogen-bond donors (Lipinski definition) is 2. The van der Waals surface area contributed by atoms with Gasteiger partial charge in [0.25, 0.3) is 0 Å². The number of fused-ring (bicyclic) bond motifs is 1. The van der Waals surface area contributed by atoms with Crippen LogP contribution in [0.25, 0.3) is 0 Å². The smallest absolute Gasteiger partial charge is 0.0419 e. The predicted molar refractivity (Wildman–Crippen MR) is 81.5 cm³/mol. The van der Waals surface area contributed by atoms with Crippen LogP contribution in [0.4, 0.5) is 5.69 Å². The zero-order valence-corrected chi connectivity index (χ0v) is 12.0. The van der Waals surface area contributed by atoms with Gasteiger partial charge in [-0.2, -0.15) is 0 Å². The Morgan fingerprint density at radius 2 is 2.26 bits per heavy atom. The summed E-state index contributed by atoms with van der Waals surface area (Å²) in [7, 11) is 0. The van der Waals surface area contributed by atoms with E-state index in [4.69, 9.17) is 0 Å². The minimum absolute atomic E-state index is 0.897. The third kappa shape index (κ3) is 3.11. The Labute approximate surface area is 117 Å². The van der Waals surface area contributed by atoms with Crippen LogP contribution in [0.2, 0.25) is 0 Å². The predicted octanol–water partition coefficient (Wildman–Crippen LogP) is 3.57. The maximum Gasteiger partial charge on any atom is 0.0419 e. The summed E-state index contributed by atoms with van der Waals surface area (Å²) < 4.78 is 0. The highest BCUT2D eigenvalue weighted by atomic mass is 14.9. The molecule has 2 heteroatoms. The number of anilines is 1. The molecule has 0 spiro atoms. The minimum atomic E-state index is 0.897. The van der Waals surface area contributed by atoms with Gasteiger partial charge in [-0.1, -0.05) is 38.0 Å². The lowest BCUT2D eigenvalue weighted by Crippen LogP contribution is -2.26. The summed E-state index contributed by atoms with van der Waals surface area (Å²) in [5, 5.41) is 7.21. The van der Waals surface area contributed by atoms with Crippen molar-refractivity contribution < 1.29 is 0 Å². The lowest BCUT2D eigenvalue weighted by atomic mass is 9.82. The van der Waals surface area contributed by atoms with Crippen molar-refractivity contribution in [3.8, 4) is 0 Å². The SMILES string of the molecule is CC1CCCC(CNCc2cccc3c2NCC3)C1. The number of rotatable bonds is 4. The highest BCUT2D eigenvalue weighted by Gasteiger charge is 2.19. The lowest BCUT2D eigenvalue weighted by Gasteiger charge is -2.27. The van der Waals surface area contributed by atoms with E-state index in [1.54, 1.807) is 0 Å². The van der Waals surface area contributed by atoms with Crippen LogP contribution in [0.3, 0.4) is 0 Å². The maximum atomic E-state index is 3.68. The molecule has 0 amide bonds. The Morgan fingerprint density at radius 1 is 1.32 bits per heavy atom. The summed E-state index contributed by atoms with van der Waals surface area (Å²) in [6, 6.07) is 6.71. The first-order valence-electron chi connectivity index (χ1n) is 7.88. The third-order valence-corrected chi connectivity index (χ3v) is 4.73. The Hall–Kier alpha value is -1.02. The maximum absolute atomic E-state index is 3.68. The summed E-state index contributed by atoms with van der Waals surface area (Å²) in [6.07, 6.45) is 6.88. The molecule has 19 heavy (non-hydrogen) atoms. The summed E-state index contributed by atoms with van der Waals surface area (Å²) in [4.78, 5) is 0. The van der Waals surface area contributed by atoms with Gasteiger partial charge in [-0.3, -0.25) is 0 Å². The topological polar surface area (TPSA) is 24.1 Å². The molecule has 1 aromatic rings. The fraction of sp³-hybridized carbons (Fsp3) is 0.647. The Kier molecular flexibility index (Phi) is 4.07. The second kappa shape index (κ2) is 5.96. The van der Waals surface area contributed by atoms with E-state index >= 15 is 0 Å². The van der Waals surface area contributed by atoms with Crippen molar-refractivity contribution in [3.63, 3.8) is 0 Å². The fourth-order valence-electron chi connectivity index (χ4n) is 3.71. The molecular weight excluding hydrogens is 232 g/mol. The van der Waals surface area contributed by atoms with E-state index in [9.17, 15) is 0 Å². The molecule has 0 bridgehead atoms. The van der Waals surface area contributed by atoms with E-state index in [1.165, 1.54) is 55.5 Å². The van der Waals surface area contributed by atoms with Gasteiger partial charge in [0.05, 0.1) is 0 Å². The highest BCUT2D eigenvalue weighted by Crippen LogP contribution is 2.29. The summed E-state index contributed by atoms with van der Waals surface area (Å²) in [5.74, 6) is 1.83. The molecule has 0 radical (unpaired) electrons. The molecule has 2 aliphatic rings. The van der Waals surface area contributed by atoms with E-state index in [1.807, 2.05) is 0 Å². The van der Waals surface area contributed by atoms with Crippen molar-refractivity contribution in [1.82, 2.24) is 5.32 Å². The normalized spacial score (nSPS) is 25.9. The van der Waals surface area contributed by atoms with Crippen molar-refractivity contribution in [2.75, 3.05) is 18.4 Å². The Morgan fingerprint density at radius 3 is 3.16 bits per heavy atom. The first-order chi connectivity index (χ1) is 9.33. The molecule has 1 aliphatic heterocycles. The van der Waals surface area contributed by atoms with Gasteiger partial charge < -0.3 is 10.6 Å². The Balaban J connectivity index is 1.51. The number of benzene rings is 1. The van der Waals surface area contributed by atoms with Crippen LogP contribution in [0, 0.1) is 11.8 Å². The van der Waals surface area contributed by atoms with Crippen molar-refractivity contribution >= 4 is 5.69 Å². The van der Waals surface area contributed by atoms with Gasteiger partial charge in [0.2, 0.25) is 0 Å². The number of nitrogens with one attached hydrogen (secondary N) is 2. The quantitative estimate of drug-likeness (QED) is 0.862. The molecule has 1 aromatic carbocycles. The minimum Gasteiger partial charge on any atom is -0.384 e. The van der Waals surface area contributed by atoms with Crippen LogP contribution in [0.1, 0.15) is 43.7 Å². The van der Waals surface area contributed by atoms with Crippen molar-refractivity contribution in [2.45, 2.75) is 45.6 Å². The molecule has 3 rings (SSSR count). The van der Waals surface area contributed by atoms with Gasteiger partial charge in [0, 0.05) is 18.8 Å². The zero-order valence-electron chi connectivity index (χ0n) is 12.0. The lowest BCUT2D eigenvalue weighted by molar-refractivity contribution is 0.274. The van der Waals surface area contributed by atoms with Gasteiger partial charge in [-0.25, -0.2) is 0 Å². The van der Waals surface area contributed by atoms with Gasteiger partial charge in [0.1, 0.15) is 0 Å². The second-order valence-electron chi connectivity index (χ2n) is 6.40. The molecule has 2 atom stereocenters. The number of para-hydroxylation sites is 1. The van der Waals surface area contributed by atoms with Crippen molar-refractivity contribution in [1.29, 1.82) is 0 Å². The first-order valence-corrected chi connectivity index (χ1v) is 7.88. The molecular formula is C17H26N2. The Bertz CT molecular complexity index is 427. The van der Waals surface area contributed by atoms with Crippen molar-refractivity contribution in [2.24, 2.45) is 11.8 Å². The van der Waals surface area contributed by atoms with E-state index in [0.717, 1.165) is 24.9 Å². The monoisotopic (exact) mass is 258 g/mol. The van der Waals surface area contributed by atoms with E-state index < -0.39 is 0 Å². The molecule has 0 saturated heterocycles. The van der Waals surface area contributed by atoms with Crippen LogP contribution in [-0.2, 0) is 13.0 Å². The third-order valence-electron chi connectivity index (χ3n) is 4.73. The first kappa shape index (κ1) is 13.0. The summed E-state index contributed by atoms with van der Waals surface area (Å²) in [5.41, 5.74) is 4.33. The van der Waals surface area contributed by atoms with Crippen LogP contribution < -0.4 is 10.6 Å². The van der Waals surface area contributed by atoms with Crippen LogP contribution in [0.5, 0.6) is 0 Å². The highest BCUT2D eigenvalue weighted by molar-refractivity contribution is 5.61. The van der Waals surface area contributed by atoms with Gasteiger partial charge in [-0.15, -0.1) is 0 Å². The summed E-state index contributed by atoms with van der Waals surface area (Å²) >= 11 is 0. The van der Waals surface area contributed by atoms with E-state index in [-0.39, 0.29) is 0 Å². The van der Waals surface area contributed by atoms with Gasteiger partial charge in [0.15, 0.2) is 0 Å². The fourth-order valence-corrected chi connectivity index (χ4v) is 3.71. The molecule has 104 valence electrons.